The highest BCUT2D eigenvalue weighted by Crippen LogP contribution is 2.36. The quantitative estimate of drug-likeness (QED) is 0.613. The van der Waals surface area contributed by atoms with Crippen LogP contribution in [0.3, 0.4) is 0 Å². The molecule has 0 saturated heterocycles. The summed E-state index contributed by atoms with van der Waals surface area (Å²) < 4.78 is 15.8. The van der Waals surface area contributed by atoms with Crippen LogP contribution < -0.4 is 20.1 Å². The summed E-state index contributed by atoms with van der Waals surface area (Å²) in [6.45, 7) is 1.99. The first-order valence-corrected chi connectivity index (χ1v) is 9.17. The molecule has 29 heavy (non-hydrogen) atoms. The first kappa shape index (κ1) is 18.8. The molecule has 0 fully saturated rings. The van der Waals surface area contributed by atoms with Crippen LogP contribution in [0.1, 0.15) is 17.3 Å². The molecule has 0 spiro atoms. The average Bonchev–Trinajstić information content (AvgIpc) is 3.15. The van der Waals surface area contributed by atoms with Crippen molar-refractivity contribution >= 4 is 46.0 Å². The van der Waals surface area contributed by atoms with E-state index >= 15 is 0 Å². The van der Waals surface area contributed by atoms with Gasteiger partial charge in [0.15, 0.2) is 11.5 Å². The Morgan fingerprint density at radius 1 is 1.14 bits per heavy atom. The molecule has 0 aliphatic carbocycles. The van der Waals surface area contributed by atoms with Crippen molar-refractivity contribution < 1.29 is 23.8 Å². The highest BCUT2D eigenvalue weighted by molar-refractivity contribution is 6.33. The van der Waals surface area contributed by atoms with Crippen molar-refractivity contribution in [3.05, 3.63) is 53.1 Å². The zero-order valence-electron chi connectivity index (χ0n) is 15.3. The summed E-state index contributed by atoms with van der Waals surface area (Å²) >= 11 is 6.07. The summed E-state index contributed by atoms with van der Waals surface area (Å²) in [5, 5.41) is 6.25. The SMILES string of the molecule is CCOC(=O)c1cc2cc3c(cc2nc1NC(=O)Nc1ccccc1Cl)OCO3. The molecule has 148 valence electrons. The summed E-state index contributed by atoms with van der Waals surface area (Å²) in [6, 6.07) is 11.2. The molecule has 3 aromatic rings. The number of benzene rings is 2. The highest BCUT2D eigenvalue weighted by Gasteiger charge is 2.21. The van der Waals surface area contributed by atoms with Crippen molar-refractivity contribution in [3.63, 3.8) is 0 Å². The van der Waals surface area contributed by atoms with E-state index in [4.69, 9.17) is 25.8 Å². The number of ether oxygens (including phenoxy) is 3. The molecule has 0 saturated carbocycles. The number of halogens is 1. The number of fused-ring (bicyclic) bond motifs is 2. The Morgan fingerprint density at radius 3 is 2.66 bits per heavy atom. The molecule has 0 bridgehead atoms. The second kappa shape index (κ2) is 7.84. The summed E-state index contributed by atoms with van der Waals surface area (Å²) in [7, 11) is 0. The predicted octanol–water partition coefficient (Wildman–Crippen LogP) is 4.44. The third-order valence-electron chi connectivity index (χ3n) is 4.16. The minimum atomic E-state index is -0.604. The summed E-state index contributed by atoms with van der Waals surface area (Å²) in [5.74, 6) is 0.554. The van der Waals surface area contributed by atoms with E-state index in [1.54, 1.807) is 49.4 Å². The predicted molar refractivity (Wildman–Crippen MR) is 108 cm³/mol. The fraction of sp³-hybridized carbons (Fsp3) is 0.150. The number of hydrogen-bond donors (Lipinski definition) is 2. The Bertz CT molecular complexity index is 1120. The number of esters is 1. The number of amides is 2. The normalized spacial score (nSPS) is 11.9. The molecule has 2 heterocycles. The maximum Gasteiger partial charge on any atom is 0.341 e. The Hall–Kier alpha value is -3.52. The fourth-order valence-electron chi connectivity index (χ4n) is 2.85. The van der Waals surface area contributed by atoms with Gasteiger partial charge in [0.1, 0.15) is 11.4 Å². The van der Waals surface area contributed by atoms with Crippen molar-refractivity contribution in [1.29, 1.82) is 0 Å². The van der Waals surface area contributed by atoms with Crippen LogP contribution >= 0.6 is 11.6 Å². The number of urea groups is 1. The van der Waals surface area contributed by atoms with Gasteiger partial charge in [-0.1, -0.05) is 23.7 Å². The maximum atomic E-state index is 12.5. The van der Waals surface area contributed by atoms with Crippen LogP contribution in [0, 0.1) is 0 Å². The zero-order chi connectivity index (χ0) is 20.4. The number of nitrogens with one attached hydrogen (secondary N) is 2. The lowest BCUT2D eigenvalue weighted by molar-refractivity contribution is 0.0527. The topological polar surface area (TPSA) is 98.8 Å². The van der Waals surface area contributed by atoms with Gasteiger partial charge in [0.2, 0.25) is 6.79 Å². The van der Waals surface area contributed by atoms with E-state index < -0.39 is 12.0 Å². The smallest absolute Gasteiger partial charge is 0.341 e. The van der Waals surface area contributed by atoms with Crippen LogP contribution in [0.2, 0.25) is 5.02 Å². The van der Waals surface area contributed by atoms with Crippen LogP contribution in [0.5, 0.6) is 11.5 Å². The van der Waals surface area contributed by atoms with E-state index in [0.29, 0.717) is 33.1 Å². The van der Waals surface area contributed by atoms with Crippen LogP contribution in [-0.4, -0.2) is 30.4 Å². The fourth-order valence-corrected chi connectivity index (χ4v) is 3.03. The Labute approximate surface area is 170 Å². The molecule has 9 heteroatoms. The lowest BCUT2D eigenvalue weighted by atomic mass is 10.1. The number of para-hydroxylation sites is 1. The van der Waals surface area contributed by atoms with E-state index in [0.717, 1.165) is 0 Å². The summed E-state index contributed by atoms with van der Waals surface area (Å²) in [4.78, 5) is 29.3. The van der Waals surface area contributed by atoms with E-state index in [9.17, 15) is 9.59 Å². The van der Waals surface area contributed by atoms with Gasteiger partial charge in [0, 0.05) is 11.5 Å². The van der Waals surface area contributed by atoms with Gasteiger partial charge in [-0.25, -0.2) is 14.6 Å². The third-order valence-corrected chi connectivity index (χ3v) is 4.49. The summed E-state index contributed by atoms with van der Waals surface area (Å²) in [6.07, 6.45) is 0. The van der Waals surface area contributed by atoms with Gasteiger partial charge in [-0.05, 0) is 31.2 Å². The minimum Gasteiger partial charge on any atom is -0.462 e. The van der Waals surface area contributed by atoms with Crippen LogP contribution in [0.25, 0.3) is 10.9 Å². The van der Waals surface area contributed by atoms with E-state index in [1.807, 2.05) is 0 Å². The molecule has 0 unspecified atom stereocenters. The van der Waals surface area contributed by atoms with Crippen LogP contribution in [0.15, 0.2) is 42.5 Å². The first-order chi connectivity index (χ1) is 14.0. The second-order valence-corrected chi connectivity index (χ2v) is 6.47. The number of anilines is 2. The van der Waals surface area contributed by atoms with Gasteiger partial charge in [-0.3, -0.25) is 5.32 Å². The molecule has 1 aliphatic rings. The van der Waals surface area contributed by atoms with Gasteiger partial charge >= 0.3 is 12.0 Å². The number of rotatable bonds is 4. The molecule has 1 aromatic heterocycles. The van der Waals surface area contributed by atoms with E-state index in [2.05, 4.69) is 15.6 Å². The monoisotopic (exact) mass is 413 g/mol. The molecule has 2 amide bonds. The summed E-state index contributed by atoms with van der Waals surface area (Å²) in [5.41, 5.74) is 1.07. The molecular weight excluding hydrogens is 398 g/mol. The van der Waals surface area contributed by atoms with Crippen LogP contribution in [0.4, 0.5) is 16.3 Å². The molecule has 2 N–H and O–H groups in total. The van der Waals surface area contributed by atoms with Crippen molar-refractivity contribution in [3.8, 4) is 11.5 Å². The van der Waals surface area contributed by atoms with Gasteiger partial charge in [-0.2, -0.15) is 0 Å². The lowest BCUT2D eigenvalue weighted by Gasteiger charge is -2.13. The molecule has 2 aromatic carbocycles. The Morgan fingerprint density at radius 2 is 1.90 bits per heavy atom. The number of aromatic nitrogens is 1. The van der Waals surface area contributed by atoms with E-state index in [1.165, 1.54) is 0 Å². The number of pyridine rings is 1. The number of hydrogen-bond acceptors (Lipinski definition) is 6. The highest BCUT2D eigenvalue weighted by atomic mass is 35.5. The molecule has 8 nitrogen and oxygen atoms in total. The molecule has 1 aliphatic heterocycles. The number of carbonyl (C=O) groups is 2. The molecule has 0 atom stereocenters. The Balaban J connectivity index is 1.69. The number of carbonyl (C=O) groups excluding carboxylic acids is 2. The molecular formula is C20H16ClN3O5. The van der Waals surface area contributed by atoms with Crippen molar-refractivity contribution in [2.45, 2.75) is 6.92 Å². The lowest BCUT2D eigenvalue weighted by Crippen LogP contribution is -2.22. The van der Waals surface area contributed by atoms with Gasteiger partial charge in [-0.15, -0.1) is 0 Å². The van der Waals surface area contributed by atoms with Crippen molar-refractivity contribution in [2.24, 2.45) is 0 Å². The van der Waals surface area contributed by atoms with Crippen molar-refractivity contribution in [2.75, 3.05) is 24.0 Å². The average molecular weight is 414 g/mol. The van der Waals surface area contributed by atoms with Gasteiger partial charge < -0.3 is 19.5 Å². The maximum absolute atomic E-state index is 12.5. The first-order valence-electron chi connectivity index (χ1n) is 8.79. The zero-order valence-corrected chi connectivity index (χ0v) is 16.1. The largest absolute Gasteiger partial charge is 0.462 e. The van der Waals surface area contributed by atoms with Gasteiger partial charge in [0.05, 0.1) is 22.8 Å². The van der Waals surface area contributed by atoms with Crippen molar-refractivity contribution in [1.82, 2.24) is 4.98 Å². The number of nitrogens with zero attached hydrogens (tertiary/aromatic N) is 1. The second-order valence-electron chi connectivity index (χ2n) is 6.06. The molecule has 0 radical (unpaired) electrons. The standard InChI is InChI=1S/C20H16ClN3O5/c1-2-27-19(25)12-7-11-8-16-17(29-10-28-16)9-15(11)22-18(12)24-20(26)23-14-6-4-3-5-13(14)21/h3-9H,2,10H2,1H3,(H2,22,23,24,26). The van der Waals surface area contributed by atoms with Crippen LogP contribution in [-0.2, 0) is 4.74 Å². The van der Waals surface area contributed by atoms with Gasteiger partial charge in [0.25, 0.3) is 0 Å². The van der Waals surface area contributed by atoms with E-state index in [-0.39, 0.29) is 24.8 Å². The Kier molecular flexibility index (Phi) is 5.09. The molecule has 4 rings (SSSR count). The third kappa shape index (κ3) is 3.88. The minimum absolute atomic E-state index is 0.0550.